The van der Waals surface area contributed by atoms with Crippen LogP contribution in [0.4, 0.5) is 0 Å². The monoisotopic (exact) mass is 188 g/mol. The summed E-state index contributed by atoms with van der Waals surface area (Å²) < 4.78 is 0. The van der Waals surface area contributed by atoms with Crippen molar-refractivity contribution in [1.82, 2.24) is 0 Å². The lowest BCUT2D eigenvalue weighted by atomic mass is 9.92. The summed E-state index contributed by atoms with van der Waals surface area (Å²) in [5.74, 6) is 0.579. The second kappa shape index (κ2) is 4.45. The first-order valence-corrected chi connectivity index (χ1v) is 5.22. The summed E-state index contributed by atoms with van der Waals surface area (Å²) in [7, 11) is 0. The summed E-state index contributed by atoms with van der Waals surface area (Å²) >= 11 is 0. The van der Waals surface area contributed by atoms with E-state index in [2.05, 4.69) is 52.5 Å². The highest BCUT2D eigenvalue weighted by Crippen LogP contribution is 2.18. The number of benzene rings is 1. The minimum absolute atomic E-state index is 0.579. The highest BCUT2D eigenvalue weighted by Gasteiger charge is 2.06. The fraction of sp³-hybridized carbons (Fsp3) is 0.429. The molecule has 0 aromatic heterocycles. The molecule has 0 spiro atoms. The lowest BCUT2D eigenvalue weighted by molar-refractivity contribution is 0.677. The van der Waals surface area contributed by atoms with Crippen LogP contribution in [0.3, 0.4) is 0 Å². The molecule has 0 N–H and O–H groups in total. The van der Waals surface area contributed by atoms with Crippen LogP contribution in [0.5, 0.6) is 0 Å². The van der Waals surface area contributed by atoms with Gasteiger partial charge in [-0.2, -0.15) is 0 Å². The van der Waals surface area contributed by atoms with E-state index in [1.807, 2.05) is 0 Å². The van der Waals surface area contributed by atoms with Gasteiger partial charge in [-0.25, -0.2) is 0 Å². The van der Waals surface area contributed by atoms with Crippen LogP contribution in [0, 0.1) is 19.8 Å². The maximum absolute atomic E-state index is 4.00. The fourth-order valence-electron chi connectivity index (χ4n) is 1.52. The number of aryl methyl sites for hydroxylation is 2. The van der Waals surface area contributed by atoms with E-state index < -0.39 is 0 Å². The summed E-state index contributed by atoms with van der Waals surface area (Å²) in [4.78, 5) is 0. The van der Waals surface area contributed by atoms with Crippen LogP contribution in [-0.4, -0.2) is 0 Å². The van der Waals surface area contributed by atoms with Gasteiger partial charge in [0.2, 0.25) is 0 Å². The van der Waals surface area contributed by atoms with E-state index in [-0.39, 0.29) is 0 Å². The number of hydrogen-bond donors (Lipinski definition) is 0. The normalized spacial score (nSPS) is 12.6. The van der Waals surface area contributed by atoms with Crippen molar-refractivity contribution in [2.24, 2.45) is 5.92 Å². The molecular weight excluding hydrogens is 168 g/mol. The number of allylic oxidation sites excluding steroid dienone is 1. The van der Waals surface area contributed by atoms with Gasteiger partial charge < -0.3 is 0 Å². The zero-order chi connectivity index (χ0) is 10.7. The Hall–Kier alpha value is -1.04. The summed E-state index contributed by atoms with van der Waals surface area (Å²) in [5, 5.41) is 0. The third kappa shape index (κ3) is 2.73. The summed E-state index contributed by atoms with van der Waals surface area (Å²) in [6.45, 7) is 12.7. The average Bonchev–Trinajstić information content (AvgIpc) is 2.11. The van der Waals surface area contributed by atoms with Gasteiger partial charge in [-0.3, -0.25) is 0 Å². The lowest BCUT2D eigenvalue weighted by Gasteiger charge is -2.13. The molecule has 0 fully saturated rings. The zero-order valence-corrected chi connectivity index (χ0v) is 9.72. The standard InChI is InChI=1S/C14H20/c1-10(2)13(5)9-14-8-11(3)6-7-12(14)4/h6-8,13H,1,9H2,2-5H3/t13-/m0/s1. The Morgan fingerprint density at radius 2 is 2.00 bits per heavy atom. The SMILES string of the molecule is C=C(C)[C@@H](C)Cc1cc(C)ccc1C. The Kier molecular flexibility index (Phi) is 3.51. The third-order valence-electron chi connectivity index (χ3n) is 2.87. The first kappa shape index (κ1) is 11.0. The van der Waals surface area contributed by atoms with Crippen molar-refractivity contribution in [3.05, 3.63) is 47.0 Å². The van der Waals surface area contributed by atoms with Gasteiger partial charge in [-0.15, -0.1) is 0 Å². The summed E-state index contributed by atoms with van der Waals surface area (Å²) in [6, 6.07) is 6.66. The van der Waals surface area contributed by atoms with E-state index in [0.717, 1.165) is 6.42 Å². The molecule has 0 radical (unpaired) electrons. The van der Waals surface area contributed by atoms with Gasteiger partial charge in [0.05, 0.1) is 0 Å². The maximum Gasteiger partial charge on any atom is -0.0197 e. The Balaban J connectivity index is 2.85. The molecule has 0 saturated carbocycles. The maximum atomic E-state index is 4.00. The van der Waals surface area contributed by atoms with E-state index in [1.165, 1.54) is 22.3 Å². The molecule has 1 aromatic carbocycles. The van der Waals surface area contributed by atoms with Crippen molar-refractivity contribution < 1.29 is 0 Å². The van der Waals surface area contributed by atoms with Gasteiger partial charge in [-0.1, -0.05) is 42.8 Å². The fourth-order valence-corrected chi connectivity index (χ4v) is 1.52. The van der Waals surface area contributed by atoms with E-state index in [9.17, 15) is 0 Å². The molecule has 76 valence electrons. The predicted octanol–water partition coefficient (Wildman–Crippen LogP) is 4.06. The van der Waals surface area contributed by atoms with Crippen LogP contribution in [0.15, 0.2) is 30.4 Å². The van der Waals surface area contributed by atoms with Gasteiger partial charge >= 0.3 is 0 Å². The Morgan fingerprint density at radius 3 is 2.57 bits per heavy atom. The summed E-state index contributed by atoms with van der Waals surface area (Å²) in [6.07, 6.45) is 1.11. The van der Waals surface area contributed by atoms with Crippen molar-refractivity contribution >= 4 is 0 Å². The molecule has 0 amide bonds. The van der Waals surface area contributed by atoms with Crippen molar-refractivity contribution in [1.29, 1.82) is 0 Å². The molecule has 0 bridgehead atoms. The highest BCUT2D eigenvalue weighted by atomic mass is 14.1. The Bertz CT molecular complexity index is 334. The Morgan fingerprint density at radius 1 is 1.36 bits per heavy atom. The quantitative estimate of drug-likeness (QED) is 0.627. The average molecular weight is 188 g/mol. The topological polar surface area (TPSA) is 0 Å². The van der Waals surface area contributed by atoms with Crippen LogP contribution in [0.1, 0.15) is 30.5 Å². The van der Waals surface area contributed by atoms with E-state index in [4.69, 9.17) is 0 Å². The second-order valence-electron chi connectivity index (χ2n) is 4.38. The van der Waals surface area contributed by atoms with E-state index in [1.54, 1.807) is 0 Å². The molecule has 1 aromatic rings. The molecule has 0 heterocycles. The zero-order valence-electron chi connectivity index (χ0n) is 9.72. The molecule has 0 heteroatoms. The smallest absolute Gasteiger partial charge is 0.0197 e. The third-order valence-corrected chi connectivity index (χ3v) is 2.87. The van der Waals surface area contributed by atoms with Gasteiger partial charge in [-0.05, 0) is 44.2 Å². The van der Waals surface area contributed by atoms with Crippen LogP contribution < -0.4 is 0 Å². The molecule has 1 atom stereocenters. The molecule has 0 aliphatic carbocycles. The van der Waals surface area contributed by atoms with Gasteiger partial charge in [0, 0.05) is 0 Å². The lowest BCUT2D eigenvalue weighted by Crippen LogP contribution is -2.02. The molecule has 0 saturated heterocycles. The summed E-state index contributed by atoms with van der Waals surface area (Å²) in [5.41, 5.74) is 5.47. The number of hydrogen-bond acceptors (Lipinski definition) is 0. The van der Waals surface area contributed by atoms with Gasteiger partial charge in [0.15, 0.2) is 0 Å². The predicted molar refractivity (Wildman–Crippen MR) is 63.6 cm³/mol. The second-order valence-corrected chi connectivity index (χ2v) is 4.38. The van der Waals surface area contributed by atoms with Crippen molar-refractivity contribution in [2.45, 2.75) is 34.1 Å². The van der Waals surface area contributed by atoms with E-state index >= 15 is 0 Å². The molecule has 0 aliphatic heterocycles. The van der Waals surface area contributed by atoms with Gasteiger partial charge in [0.25, 0.3) is 0 Å². The number of rotatable bonds is 3. The van der Waals surface area contributed by atoms with Crippen LogP contribution in [-0.2, 0) is 6.42 Å². The molecule has 0 nitrogen and oxygen atoms in total. The Labute approximate surface area is 87.7 Å². The largest absolute Gasteiger partial charge is 0.0999 e. The highest BCUT2D eigenvalue weighted by molar-refractivity contribution is 5.31. The van der Waals surface area contributed by atoms with E-state index in [0.29, 0.717) is 5.92 Å². The molecule has 1 rings (SSSR count). The van der Waals surface area contributed by atoms with Crippen LogP contribution in [0.25, 0.3) is 0 Å². The first-order chi connectivity index (χ1) is 6.50. The van der Waals surface area contributed by atoms with Crippen LogP contribution in [0.2, 0.25) is 0 Å². The minimum Gasteiger partial charge on any atom is -0.0999 e. The van der Waals surface area contributed by atoms with Crippen LogP contribution >= 0.6 is 0 Å². The molecule has 0 unspecified atom stereocenters. The minimum atomic E-state index is 0.579. The molecule has 0 aliphatic rings. The molecule has 14 heavy (non-hydrogen) atoms. The van der Waals surface area contributed by atoms with Crippen molar-refractivity contribution in [2.75, 3.05) is 0 Å². The van der Waals surface area contributed by atoms with Gasteiger partial charge in [0.1, 0.15) is 0 Å². The van der Waals surface area contributed by atoms with Crippen molar-refractivity contribution in [3.63, 3.8) is 0 Å². The van der Waals surface area contributed by atoms with Crippen molar-refractivity contribution in [3.8, 4) is 0 Å². The first-order valence-electron chi connectivity index (χ1n) is 5.22. The molecular formula is C14H20.